The summed E-state index contributed by atoms with van der Waals surface area (Å²) in [5.41, 5.74) is 2.17. The van der Waals surface area contributed by atoms with Crippen LogP contribution in [0.1, 0.15) is 30.9 Å². The van der Waals surface area contributed by atoms with Crippen LogP contribution >= 0.6 is 11.8 Å². The minimum absolute atomic E-state index is 0.277. The van der Waals surface area contributed by atoms with Crippen LogP contribution in [0.15, 0.2) is 4.52 Å². The summed E-state index contributed by atoms with van der Waals surface area (Å²) in [7, 11) is 0. The van der Waals surface area contributed by atoms with Gasteiger partial charge in [-0.1, -0.05) is 5.16 Å². The van der Waals surface area contributed by atoms with Crippen LogP contribution in [-0.2, 0) is 6.54 Å². The molecule has 0 saturated carbocycles. The molecule has 0 bridgehead atoms. The van der Waals surface area contributed by atoms with Crippen molar-refractivity contribution in [2.45, 2.75) is 39.0 Å². The molecule has 0 radical (unpaired) electrons. The Bertz CT molecular complexity index is 301. The van der Waals surface area contributed by atoms with Gasteiger partial charge in [0.25, 0.3) is 0 Å². The second kappa shape index (κ2) is 5.03. The summed E-state index contributed by atoms with van der Waals surface area (Å²) >= 11 is 1.87. The number of hydrogen-bond acceptors (Lipinski definition) is 4. The number of aryl methyl sites for hydroxylation is 2. The average molecular weight is 228 g/mol. The molecule has 0 saturated heterocycles. The maximum atomic E-state index is 5.11. The third-order valence-corrected chi connectivity index (χ3v) is 3.84. The Morgan fingerprint density at radius 1 is 1.40 bits per heavy atom. The lowest BCUT2D eigenvalue weighted by Crippen LogP contribution is -2.31. The van der Waals surface area contributed by atoms with Gasteiger partial charge in [-0.2, -0.15) is 11.8 Å². The van der Waals surface area contributed by atoms with Crippen molar-refractivity contribution in [3.63, 3.8) is 0 Å². The predicted octanol–water partition coefficient (Wildman–Crippen LogP) is 2.52. The molecule has 0 unspecified atom stereocenters. The highest BCUT2D eigenvalue weighted by molar-refractivity contribution is 7.99. The van der Waals surface area contributed by atoms with Crippen molar-refractivity contribution < 1.29 is 4.52 Å². The van der Waals surface area contributed by atoms with E-state index in [-0.39, 0.29) is 4.75 Å². The van der Waals surface area contributed by atoms with Crippen LogP contribution in [-0.4, -0.2) is 22.7 Å². The molecule has 0 aromatic carbocycles. The molecule has 0 aliphatic rings. The summed E-state index contributed by atoms with van der Waals surface area (Å²) in [6, 6.07) is 0. The molecule has 15 heavy (non-hydrogen) atoms. The quantitative estimate of drug-likeness (QED) is 0.840. The summed E-state index contributed by atoms with van der Waals surface area (Å²) in [5, 5.41) is 7.37. The first kappa shape index (κ1) is 12.6. The molecule has 0 aliphatic carbocycles. The lowest BCUT2D eigenvalue weighted by molar-refractivity contribution is 0.391. The first-order chi connectivity index (χ1) is 6.96. The summed E-state index contributed by atoms with van der Waals surface area (Å²) in [4.78, 5) is 0. The van der Waals surface area contributed by atoms with Gasteiger partial charge in [0, 0.05) is 23.4 Å². The van der Waals surface area contributed by atoms with Gasteiger partial charge in [0.1, 0.15) is 5.76 Å². The molecule has 86 valence electrons. The van der Waals surface area contributed by atoms with Crippen molar-refractivity contribution in [1.29, 1.82) is 0 Å². The number of nitrogens with one attached hydrogen (secondary N) is 1. The van der Waals surface area contributed by atoms with Gasteiger partial charge in [0.15, 0.2) is 0 Å². The van der Waals surface area contributed by atoms with E-state index in [1.165, 1.54) is 5.56 Å². The molecule has 1 aromatic heterocycles. The summed E-state index contributed by atoms with van der Waals surface area (Å²) < 4.78 is 5.39. The first-order valence-corrected chi connectivity index (χ1v) is 6.36. The standard InChI is InChI=1S/C11H20N2OS/c1-8-10(9(2)14-13-8)6-12-7-11(3,4)15-5/h12H,6-7H2,1-5H3. The molecule has 3 nitrogen and oxygen atoms in total. The highest BCUT2D eigenvalue weighted by Crippen LogP contribution is 2.20. The van der Waals surface area contributed by atoms with Crippen molar-refractivity contribution in [2.75, 3.05) is 12.8 Å². The fourth-order valence-corrected chi connectivity index (χ4v) is 1.56. The molecule has 0 aliphatic heterocycles. The number of thioether (sulfide) groups is 1. The fourth-order valence-electron chi connectivity index (χ4n) is 1.31. The lowest BCUT2D eigenvalue weighted by atomic mass is 10.2. The minimum Gasteiger partial charge on any atom is -0.361 e. The van der Waals surface area contributed by atoms with Gasteiger partial charge in [-0.3, -0.25) is 0 Å². The van der Waals surface area contributed by atoms with Gasteiger partial charge in [-0.05, 0) is 34.0 Å². The van der Waals surface area contributed by atoms with Crippen LogP contribution in [0.2, 0.25) is 0 Å². The number of hydrogen-bond donors (Lipinski definition) is 1. The molecule has 1 N–H and O–H groups in total. The van der Waals surface area contributed by atoms with E-state index in [4.69, 9.17) is 4.52 Å². The highest BCUT2D eigenvalue weighted by atomic mass is 32.2. The van der Waals surface area contributed by atoms with Crippen molar-refractivity contribution >= 4 is 11.8 Å². The largest absolute Gasteiger partial charge is 0.361 e. The van der Waals surface area contributed by atoms with Crippen LogP contribution in [0.25, 0.3) is 0 Å². The zero-order chi connectivity index (χ0) is 11.5. The number of aromatic nitrogens is 1. The molecule has 1 rings (SSSR count). The van der Waals surface area contributed by atoms with Crippen LogP contribution in [0.3, 0.4) is 0 Å². The van der Waals surface area contributed by atoms with E-state index in [0.717, 1.165) is 24.5 Å². The Morgan fingerprint density at radius 3 is 2.53 bits per heavy atom. The Balaban J connectivity index is 2.45. The van der Waals surface area contributed by atoms with Gasteiger partial charge < -0.3 is 9.84 Å². The Morgan fingerprint density at radius 2 is 2.07 bits per heavy atom. The van der Waals surface area contributed by atoms with E-state index in [1.807, 2.05) is 25.6 Å². The molecule has 0 fully saturated rings. The van der Waals surface area contributed by atoms with Crippen LogP contribution in [0.4, 0.5) is 0 Å². The van der Waals surface area contributed by atoms with Crippen molar-refractivity contribution in [3.8, 4) is 0 Å². The molecule has 1 aromatic rings. The second-order valence-electron chi connectivity index (χ2n) is 4.37. The van der Waals surface area contributed by atoms with E-state index in [9.17, 15) is 0 Å². The molecule has 1 heterocycles. The average Bonchev–Trinajstić information content (AvgIpc) is 2.49. The van der Waals surface area contributed by atoms with Crippen LogP contribution < -0.4 is 5.32 Å². The van der Waals surface area contributed by atoms with Crippen molar-refractivity contribution in [1.82, 2.24) is 10.5 Å². The molecule has 0 atom stereocenters. The Kier molecular flexibility index (Phi) is 4.22. The van der Waals surface area contributed by atoms with Crippen LogP contribution in [0.5, 0.6) is 0 Å². The van der Waals surface area contributed by atoms with Gasteiger partial charge in [0.05, 0.1) is 5.69 Å². The summed E-state index contributed by atoms with van der Waals surface area (Å²) in [5.74, 6) is 0.918. The predicted molar refractivity (Wildman–Crippen MR) is 65.3 cm³/mol. The molecule has 0 spiro atoms. The van der Waals surface area contributed by atoms with Gasteiger partial charge in [0.2, 0.25) is 0 Å². The maximum absolute atomic E-state index is 5.11. The summed E-state index contributed by atoms with van der Waals surface area (Å²) in [6.45, 7) is 10.2. The topological polar surface area (TPSA) is 38.1 Å². The third kappa shape index (κ3) is 3.54. The van der Waals surface area contributed by atoms with E-state index in [0.29, 0.717) is 0 Å². The van der Waals surface area contributed by atoms with Gasteiger partial charge in [-0.25, -0.2) is 0 Å². The maximum Gasteiger partial charge on any atom is 0.138 e. The van der Waals surface area contributed by atoms with Gasteiger partial charge in [-0.15, -0.1) is 0 Å². The minimum atomic E-state index is 0.277. The van der Waals surface area contributed by atoms with Crippen LogP contribution in [0, 0.1) is 13.8 Å². The zero-order valence-electron chi connectivity index (χ0n) is 10.2. The SMILES string of the molecule is CSC(C)(C)CNCc1c(C)noc1C. The highest BCUT2D eigenvalue weighted by Gasteiger charge is 2.16. The fraction of sp³-hybridized carbons (Fsp3) is 0.727. The number of nitrogens with zero attached hydrogens (tertiary/aromatic N) is 1. The lowest BCUT2D eigenvalue weighted by Gasteiger charge is -2.22. The first-order valence-electron chi connectivity index (χ1n) is 5.14. The van der Waals surface area contributed by atoms with Gasteiger partial charge >= 0.3 is 0 Å². The summed E-state index contributed by atoms with van der Waals surface area (Å²) in [6.07, 6.45) is 2.14. The van der Waals surface area contributed by atoms with E-state index in [2.05, 4.69) is 30.6 Å². The molecule has 4 heteroatoms. The number of rotatable bonds is 5. The molecule has 0 amide bonds. The van der Waals surface area contributed by atoms with Crippen molar-refractivity contribution in [3.05, 3.63) is 17.0 Å². The Hall–Kier alpha value is -0.480. The monoisotopic (exact) mass is 228 g/mol. The second-order valence-corrected chi connectivity index (χ2v) is 5.88. The third-order valence-electron chi connectivity index (χ3n) is 2.59. The normalized spacial score (nSPS) is 12.1. The smallest absolute Gasteiger partial charge is 0.138 e. The zero-order valence-corrected chi connectivity index (χ0v) is 11.0. The van der Waals surface area contributed by atoms with E-state index < -0.39 is 0 Å². The molecular formula is C11H20N2OS. The van der Waals surface area contributed by atoms with E-state index in [1.54, 1.807) is 0 Å². The van der Waals surface area contributed by atoms with Crippen molar-refractivity contribution in [2.24, 2.45) is 0 Å². The van der Waals surface area contributed by atoms with E-state index >= 15 is 0 Å². The Labute approximate surface area is 96.0 Å². The molecular weight excluding hydrogens is 208 g/mol.